The molecule has 3 heterocycles. The van der Waals surface area contributed by atoms with Crippen LogP contribution in [0.5, 0.6) is 5.75 Å². The molecule has 2 aliphatic heterocycles. The maximum atomic E-state index is 14.1. The number of hydrogen-bond acceptors (Lipinski definition) is 6. The molecule has 1 unspecified atom stereocenters. The first-order valence-corrected chi connectivity index (χ1v) is 10.9. The molecule has 10 heteroatoms. The van der Waals surface area contributed by atoms with E-state index in [9.17, 15) is 13.2 Å². The molecular weight excluding hydrogens is 461 g/mol. The van der Waals surface area contributed by atoms with E-state index in [1.54, 1.807) is 31.5 Å². The smallest absolute Gasteiger partial charge is 0.194 e. The normalized spacial score (nSPS) is 21.7. The average molecular weight is 484 g/mol. The molecule has 0 N–H and O–H groups in total. The minimum atomic E-state index is -1.52. The molecule has 5 rings (SSSR count). The number of ether oxygens (including phenoxy) is 2. The molecule has 7 nitrogen and oxygen atoms in total. The molecule has 2 atom stereocenters. The average Bonchev–Trinajstić information content (AvgIpc) is 3.49. The highest BCUT2D eigenvalue weighted by atomic mass is 19.2. The minimum absolute atomic E-state index is 0.0956. The molecule has 0 saturated carbocycles. The molecule has 2 aliphatic rings. The zero-order valence-corrected chi connectivity index (χ0v) is 19.3. The van der Waals surface area contributed by atoms with Gasteiger partial charge in [0.1, 0.15) is 11.3 Å². The van der Waals surface area contributed by atoms with Gasteiger partial charge in [0.25, 0.3) is 0 Å². The molecule has 0 amide bonds. The number of hydrogen-bond donors (Lipinski definition) is 0. The van der Waals surface area contributed by atoms with Crippen LogP contribution in [0.25, 0.3) is 11.8 Å². The standard InChI is InChI=1S/C25H23F3N4O3/c1-15-11-32(14-29-15)20-6-4-16(8-21(20)33-3)5-7-23-30-35-22-12-34-13-25(22,31(23)2)17-9-18(26)24(28)19(27)10-17/h4-11,14,22H,12-13H2,1-3H3/b7-5+/t22?,25-/m0/s1. The number of benzene rings is 2. The Balaban J connectivity index is 1.46. The number of nitrogens with zero attached hydrogens (tertiary/aromatic N) is 4. The number of halogens is 3. The molecule has 3 aromatic rings. The third-order valence-corrected chi connectivity index (χ3v) is 6.44. The highest BCUT2D eigenvalue weighted by molar-refractivity contribution is 5.97. The molecule has 35 heavy (non-hydrogen) atoms. The highest BCUT2D eigenvalue weighted by Gasteiger charge is 2.54. The molecule has 1 fully saturated rings. The molecule has 1 aromatic heterocycles. The van der Waals surface area contributed by atoms with Gasteiger partial charge in [-0.25, -0.2) is 18.2 Å². The molecule has 1 saturated heterocycles. The second-order valence-corrected chi connectivity index (χ2v) is 8.48. The summed E-state index contributed by atoms with van der Waals surface area (Å²) in [6.07, 6.45) is 6.54. The fraction of sp³-hybridized carbons (Fsp3) is 0.280. The van der Waals surface area contributed by atoms with Crippen molar-refractivity contribution in [2.75, 3.05) is 27.4 Å². The van der Waals surface area contributed by atoms with Crippen molar-refractivity contribution in [2.24, 2.45) is 5.16 Å². The van der Waals surface area contributed by atoms with Crippen LogP contribution in [0, 0.1) is 24.4 Å². The molecule has 2 aromatic carbocycles. The molecule has 0 aliphatic carbocycles. The van der Waals surface area contributed by atoms with Gasteiger partial charge in [-0.3, -0.25) is 0 Å². The van der Waals surface area contributed by atoms with Gasteiger partial charge >= 0.3 is 0 Å². The Morgan fingerprint density at radius 3 is 2.60 bits per heavy atom. The largest absolute Gasteiger partial charge is 0.495 e. The van der Waals surface area contributed by atoms with Crippen LogP contribution in [0.15, 0.2) is 54.1 Å². The fourth-order valence-electron chi connectivity index (χ4n) is 4.51. The Hall–Kier alpha value is -3.79. The van der Waals surface area contributed by atoms with Crippen LogP contribution in [0.4, 0.5) is 13.2 Å². The van der Waals surface area contributed by atoms with Gasteiger partial charge < -0.3 is 23.8 Å². The second kappa shape index (κ2) is 8.77. The third-order valence-electron chi connectivity index (χ3n) is 6.44. The van der Waals surface area contributed by atoms with E-state index in [1.807, 2.05) is 42.0 Å². The summed E-state index contributed by atoms with van der Waals surface area (Å²) in [5.74, 6) is -3.00. The van der Waals surface area contributed by atoms with Gasteiger partial charge in [0.15, 0.2) is 29.4 Å². The number of fused-ring (bicyclic) bond motifs is 1. The number of aromatic nitrogens is 2. The van der Waals surface area contributed by atoms with Crippen molar-refractivity contribution in [2.45, 2.75) is 18.6 Å². The van der Waals surface area contributed by atoms with Crippen molar-refractivity contribution in [3.8, 4) is 11.4 Å². The zero-order valence-electron chi connectivity index (χ0n) is 19.3. The van der Waals surface area contributed by atoms with E-state index in [0.29, 0.717) is 11.6 Å². The quantitative estimate of drug-likeness (QED) is 0.509. The number of imidazole rings is 1. The monoisotopic (exact) mass is 484 g/mol. The summed E-state index contributed by atoms with van der Waals surface area (Å²) < 4.78 is 54.8. The summed E-state index contributed by atoms with van der Waals surface area (Å²) in [6, 6.07) is 7.65. The van der Waals surface area contributed by atoms with E-state index in [0.717, 1.165) is 29.1 Å². The number of aryl methyl sites for hydroxylation is 1. The van der Waals surface area contributed by atoms with E-state index in [1.165, 1.54) is 0 Å². The number of methoxy groups -OCH3 is 1. The zero-order chi connectivity index (χ0) is 24.7. The Kier molecular flexibility index (Phi) is 5.76. The topological polar surface area (TPSA) is 61.1 Å². The minimum Gasteiger partial charge on any atom is -0.495 e. The van der Waals surface area contributed by atoms with Crippen molar-refractivity contribution < 1.29 is 27.5 Å². The van der Waals surface area contributed by atoms with E-state index >= 15 is 0 Å². The van der Waals surface area contributed by atoms with Gasteiger partial charge in [-0.1, -0.05) is 17.3 Å². The lowest BCUT2D eigenvalue weighted by atomic mass is 9.84. The van der Waals surface area contributed by atoms with Crippen LogP contribution in [0.1, 0.15) is 16.8 Å². The van der Waals surface area contributed by atoms with Crippen LogP contribution in [-0.4, -0.2) is 53.8 Å². The fourth-order valence-corrected chi connectivity index (χ4v) is 4.51. The maximum Gasteiger partial charge on any atom is 0.194 e. The lowest BCUT2D eigenvalue weighted by Gasteiger charge is -2.44. The summed E-state index contributed by atoms with van der Waals surface area (Å²) >= 11 is 0. The first kappa shape index (κ1) is 23.0. The molecule has 182 valence electrons. The number of amidine groups is 1. The molecule has 0 radical (unpaired) electrons. The van der Waals surface area contributed by atoms with Gasteiger partial charge in [0, 0.05) is 13.2 Å². The third kappa shape index (κ3) is 3.83. The number of oxime groups is 1. The van der Waals surface area contributed by atoms with Crippen LogP contribution >= 0.6 is 0 Å². The second-order valence-electron chi connectivity index (χ2n) is 8.48. The first-order chi connectivity index (χ1) is 16.8. The van der Waals surface area contributed by atoms with Crippen LogP contribution < -0.4 is 4.74 Å². The van der Waals surface area contributed by atoms with E-state index in [-0.39, 0.29) is 18.8 Å². The van der Waals surface area contributed by atoms with Gasteiger partial charge in [-0.15, -0.1) is 0 Å². The summed E-state index contributed by atoms with van der Waals surface area (Å²) in [4.78, 5) is 11.7. The van der Waals surface area contributed by atoms with Gasteiger partial charge in [-0.2, -0.15) is 0 Å². The lowest BCUT2D eigenvalue weighted by molar-refractivity contribution is -0.0394. The van der Waals surface area contributed by atoms with Crippen molar-refractivity contribution in [3.63, 3.8) is 0 Å². The Morgan fingerprint density at radius 2 is 1.91 bits per heavy atom. The Bertz CT molecular complexity index is 1320. The summed E-state index contributed by atoms with van der Waals surface area (Å²) in [7, 11) is 3.32. The predicted octanol–water partition coefficient (Wildman–Crippen LogP) is 4.19. The maximum absolute atomic E-state index is 14.1. The first-order valence-electron chi connectivity index (χ1n) is 10.9. The summed E-state index contributed by atoms with van der Waals surface area (Å²) in [6.45, 7) is 2.18. The van der Waals surface area contributed by atoms with Crippen LogP contribution in [-0.2, 0) is 15.1 Å². The summed E-state index contributed by atoms with van der Waals surface area (Å²) in [5.41, 5.74) is 1.69. The molecule has 0 bridgehead atoms. The van der Waals surface area contributed by atoms with Crippen molar-refractivity contribution in [1.82, 2.24) is 14.5 Å². The highest BCUT2D eigenvalue weighted by Crippen LogP contribution is 2.41. The Morgan fingerprint density at radius 1 is 1.14 bits per heavy atom. The van der Waals surface area contributed by atoms with Crippen LogP contribution in [0.2, 0.25) is 0 Å². The number of likely N-dealkylation sites (N-methyl/N-ethyl adjacent to an activating group) is 1. The van der Waals surface area contributed by atoms with Crippen molar-refractivity contribution in [1.29, 1.82) is 0 Å². The van der Waals surface area contributed by atoms with Gasteiger partial charge in [-0.05, 0) is 48.4 Å². The summed E-state index contributed by atoms with van der Waals surface area (Å²) in [5, 5.41) is 4.18. The van der Waals surface area contributed by atoms with Crippen LogP contribution in [0.3, 0.4) is 0 Å². The molecule has 0 spiro atoms. The van der Waals surface area contributed by atoms with Gasteiger partial charge in [0.05, 0.1) is 38.0 Å². The van der Waals surface area contributed by atoms with E-state index in [2.05, 4.69) is 10.1 Å². The SMILES string of the molecule is COc1cc(/C=C/C2=NOC3COC[C@@]3(c3cc(F)c(F)c(F)c3)N2C)ccc1-n1cnc(C)c1. The van der Waals surface area contributed by atoms with Crippen molar-refractivity contribution >= 4 is 11.9 Å². The number of rotatable bonds is 5. The van der Waals surface area contributed by atoms with E-state index in [4.69, 9.17) is 14.3 Å². The lowest BCUT2D eigenvalue weighted by Crippen LogP contribution is -2.57. The van der Waals surface area contributed by atoms with Gasteiger partial charge in [0.2, 0.25) is 0 Å². The Labute approximate surface area is 200 Å². The van der Waals surface area contributed by atoms with Crippen molar-refractivity contribution in [3.05, 3.63) is 83.2 Å². The van der Waals surface area contributed by atoms with E-state index < -0.39 is 29.1 Å². The predicted molar refractivity (Wildman–Crippen MR) is 123 cm³/mol. The molecular formula is C25H23F3N4O3.